The number of carbonyl (C=O) groups excluding carboxylic acids is 2. The highest BCUT2D eigenvalue weighted by molar-refractivity contribution is 9.09. The van der Waals surface area contributed by atoms with E-state index in [1.807, 2.05) is 12.1 Å². The lowest BCUT2D eigenvalue weighted by Crippen LogP contribution is -2.35. The van der Waals surface area contributed by atoms with Crippen molar-refractivity contribution >= 4 is 33.2 Å². The summed E-state index contributed by atoms with van der Waals surface area (Å²) in [5.74, 6) is 0.584. The minimum absolute atomic E-state index is 0.0938. The molecule has 2 aliphatic carbocycles. The van der Waals surface area contributed by atoms with Crippen molar-refractivity contribution in [3.05, 3.63) is 52.6 Å². The topological polar surface area (TPSA) is 37.4 Å². The first-order valence-corrected chi connectivity index (χ1v) is 9.66. The van der Waals surface area contributed by atoms with E-state index in [9.17, 15) is 9.59 Å². The number of ketones is 2. The van der Waals surface area contributed by atoms with Crippen LogP contribution in [-0.2, 0) is 4.79 Å². The van der Waals surface area contributed by atoms with Gasteiger partial charge in [-0.05, 0) is 49.1 Å². The molecule has 0 saturated carbocycles. The highest BCUT2D eigenvalue weighted by atomic mass is 79.9. The molecule has 1 aliphatic heterocycles. The Morgan fingerprint density at radius 1 is 1.33 bits per heavy atom. The van der Waals surface area contributed by atoms with E-state index in [0.29, 0.717) is 6.42 Å². The van der Waals surface area contributed by atoms with Crippen LogP contribution in [0, 0.1) is 0 Å². The first-order valence-electron chi connectivity index (χ1n) is 8.53. The molecule has 1 heterocycles. The zero-order valence-electron chi connectivity index (χ0n) is 13.7. The van der Waals surface area contributed by atoms with Crippen molar-refractivity contribution < 1.29 is 9.59 Å². The molecule has 24 heavy (non-hydrogen) atoms. The van der Waals surface area contributed by atoms with E-state index in [4.69, 9.17) is 0 Å². The van der Waals surface area contributed by atoms with E-state index in [0.717, 1.165) is 35.9 Å². The third kappa shape index (κ3) is 2.31. The Balaban J connectivity index is 1.83. The Labute approximate surface area is 150 Å². The normalized spacial score (nSPS) is 24.2. The third-order valence-corrected chi connectivity index (χ3v) is 5.98. The average Bonchev–Trinajstić information content (AvgIpc) is 3.10. The van der Waals surface area contributed by atoms with Crippen LogP contribution in [0.5, 0.6) is 0 Å². The number of anilines is 1. The minimum atomic E-state index is 0.0938. The number of Topliss-reactive ketones (excluding diaryl/α,β-unsaturated/α-hetero) is 2. The number of hydrogen-bond donors (Lipinski definition) is 0. The van der Waals surface area contributed by atoms with Gasteiger partial charge in [0.15, 0.2) is 11.6 Å². The molecule has 0 saturated heterocycles. The van der Waals surface area contributed by atoms with Crippen molar-refractivity contribution in [2.75, 3.05) is 16.8 Å². The van der Waals surface area contributed by atoms with Crippen LogP contribution in [0.1, 0.15) is 48.0 Å². The van der Waals surface area contributed by atoms with E-state index in [1.54, 1.807) is 6.92 Å². The van der Waals surface area contributed by atoms with Crippen LogP contribution in [0.15, 0.2) is 41.5 Å². The molecule has 0 bridgehead atoms. The SMILES string of the molecule is CC(=O)c1ccc2c(c1)C1C3=C(C=CC1N2CCCBr)C(=O)CC3. The molecule has 124 valence electrons. The number of benzene rings is 1. The highest BCUT2D eigenvalue weighted by Gasteiger charge is 2.43. The standard InChI is InChI=1S/C20H20BrNO2/c1-12(23)13-3-6-17-16(11-13)20-15-5-8-19(24)14(15)4-7-18(20)22(17)10-2-9-21/h3-4,6-7,11,18,20H,2,5,8-10H2,1H3. The monoisotopic (exact) mass is 385 g/mol. The van der Waals surface area contributed by atoms with Crippen molar-refractivity contribution in [3.8, 4) is 0 Å². The Morgan fingerprint density at radius 3 is 2.92 bits per heavy atom. The largest absolute Gasteiger partial charge is 0.364 e. The molecule has 0 spiro atoms. The molecule has 3 nitrogen and oxygen atoms in total. The van der Waals surface area contributed by atoms with Crippen LogP contribution < -0.4 is 4.90 Å². The molecule has 3 aliphatic rings. The molecule has 1 aromatic rings. The van der Waals surface area contributed by atoms with Gasteiger partial charge in [-0.3, -0.25) is 9.59 Å². The van der Waals surface area contributed by atoms with Crippen LogP contribution in [-0.4, -0.2) is 29.5 Å². The fraction of sp³-hybridized carbons (Fsp3) is 0.400. The van der Waals surface area contributed by atoms with Gasteiger partial charge in [0.2, 0.25) is 0 Å². The summed E-state index contributed by atoms with van der Waals surface area (Å²) in [5.41, 5.74) is 5.38. The van der Waals surface area contributed by atoms with Gasteiger partial charge in [-0.1, -0.05) is 28.1 Å². The molecule has 2 atom stereocenters. The summed E-state index contributed by atoms with van der Waals surface area (Å²) < 4.78 is 0. The molecule has 2 unspecified atom stereocenters. The molecule has 1 aromatic carbocycles. The molecule has 0 radical (unpaired) electrons. The first-order chi connectivity index (χ1) is 11.6. The van der Waals surface area contributed by atoms with Crippen LogP contribution in [0.4, 0.5) is 5.69 Å². The van der Waals surface area contributed by atoms with Gasteiger partial charge < -0.3 is 4.90 Å². The summed E-state index contributed by atoms with van der Waals surface area (Å²) in [4.78, 5) is 26.4. The molecule has 0 fully saturated rings. The van der Waals surface area contributed by atoms with Crippen LogP contribution in [0.2, 0.25) is 0 Å². The Morgan fingerprint density at radius 2 is 2.17 bits per heavy atom. The lowest BCUT2D eigenvalue weighted by molar-refractivity contribution is -0.114. The van der Waals surface area contributed by atoms with Crippen molar-refractivity contribution in [1.82, 2.24) is 0 Å². The number of carbonyl (C=O) groups is 2. The van der Waals surface area contributed by atoms with Gasteiger partial charge in [0.25, 0.3) is 0 Å². The molecule has 0 aromatic heterocycles. The summed E-state index contributed by atoms with van der Waals surface area (Å²) in [6.45, 7) is 2.58. The summed E-state index contributed by atoms with van der Waals surface area (Å²) >= 11 is 3.52. The number of hydrogen-bond acceptors (Lipinski definition) is 3. The molecular weight excluding hydrogens is 366 g/mol. The number of nitrogens with zero attached hydrogens (tertiary/aromatic N) is 1. The Bertz CT molecular complexity index is 793. The Kier molecular flexibility index (Phi) is 3.95. The van der Waals surface area contributed by atoms with E-state index in [-0.39, 0.29) is 23.5 Å². The van der Waals surface area contributed by atoms with Crippen molar-refractivity contribution in [1.29, 1.82) is 0 Å². The van der Waals surface area contributed by atoms with Crippen LogP contribution in [0.25, 0.3) is 0 Å². The smallest absolute Gasteiger partial charge is 0.163 e. The fourth-order valence-corrected chi connectivity index (χ4v) is 4.58. The summed E-state index contributed by atoms with van der Waals surface area (Å²) in [7, 11) is 0. The average molecular weight is 386 g/mol. The quantitative estimate of drug-likeness (QED) is 0.576. The van der Waals surface area contributed by atoms with E-state index in [2.05, 4.69) is 39.0 Å². The van der Waals surface area contributed by atoms with Gasteiger partial charge >= 0.3 is 0 Å². The van der Waals surface area contributed by atoms with Crippen LogP contribution >= 0.6 is 15.9 Å². The summed E-state index contributed by atoms with van der Waals surface area (Å²) in [5, 5.41) is 0.970. The Hall–Kier alpha value is -1.68. The summed E-state index contributed by atoms with van der Waals surface area (Å²) in [6.07, 6.45) is 6.77. The molecule has 4 heteroatoms. The lowest BCUT2D eigenvalue weighted by atomic mass is 9.81. The fourth-order valence-electron chi connectivity index (χ4n) is 4.33. The van der Waals surface area contributed by atoms with Gasteiger partial charge in [-0.25, -0.2) is 0 Å². The molecule has 0 N–H and O–H groups in total. The highest BCUT2D eigenvalue weighted by Crippen LogP contribution is 2.51. The van der Waals surface area contributed by atoms with Crippen LogP contribution in [0.3, 0.4) is 0 Å². The number of rotatable bonds is 4. The van der Waals surface area contributed by atoms with Gasteiger partial charge in [0.1, 0.15) is 0 Å². The van der Waals surface area contributed by atoms with Gasteiger partial charge in [0, 0.05) is 41.0 Å². The minimum Gasteiger partial charge on any atom is -0.364 e. The number of allylic oxidation sites excluding steroid dienone is 2. The molecule has 0 amide bonds. The van der Waals surface area contributed by atoms with Gasteiger partial charge in [-0.15, -0.1) is 0 Å². The van der Waals surface area contributed by atoms with E-state index in [1.165, 1.54) is 16.8 Å². The van der Waals surface area contributed by atoms with Gasteiger partial charge in [-0.2, -0.15) is 0 Å². The summed E-state index contributed by atoms with van der Waals surface area (Å²) in [6, 6.07) is 6.34. The van der Waals surface area contributed by atoms with Crippen molar-refractivity contribution in [3.63, 3.8) is 0 Å². The maximum atomic E-state index is 12.2. The van der Waals surface area contributed by atoms with E-state index >= 15 is 0 Å². The predicted octanol–water partition coefficient (Wildman–Crippen LogP) is 4.18. The number of alkyl halides is 1. The van der Waals surface area contributed by atoms with Gasteiger partial charge in [0.05, 0.1) is 6.04 Å². The van der Waals surface area contributed by atoms with Crippen molar-refractivity contribution in [2.24, 2.45) is 0 Å². The number of fused-ring (bicyclic) bond motifs is 4. The second-order valence-corrected chi connectivity index (χ2v) is 7.55. The number of halogens is 1. The first kappa shape index (κ1) is 15.8. The molecule has 4 rings (SSSR count). The second kappa shape index (κ2) is 5.99. The zero-order chi connectivity index (χ0) is 16.8. The van der Waals surface area contributed by atoms with Crippen molar-refractivity contribution in [2.45, 2.75) is 38.1 Å². The maximum Gasteiger partial charge on any atom is 0.163 e. The maximum absolute atomic E-state index is 12.2. The van der Waals surface area contributed by atoms with E-state index < -0.39 is 0 Å². The lowest BCUT2D eigenvalue weighted by Gasteiger charge is -2.31. The third-order valence-electron chi connectivity index (χ3n) is 5.42. The molecular formula is C20H20BrNO2. The second-order valence-electron chi connectivity index (χ2n) is 6.76. The predicted molar refractivity (Wildman–Crippen MR) is 99.1 cm³/mol. The zero-order valence-corrected chi connectivity index (χ0v) is 15.3.